The Morgan fingerprint density at radius 1 is 1.45 bits per heavy atom. The molecule has 0 unspecified atom stereocenters. The minimum atomic E-state index is -1.40. The molecule has 1 heterocycles. The fraction of sp³-hybridized carbons (Fsp3) is 0.286. The molecule has 22 heavy (non-hydrogen) atoms. The van der Waals surface area contributed by atoms with Crippen LogP contribution in [0.4, 0.5) is 0 Å². The number of rotatable bonds is 3. The summed E-state index contributed by atoms with van der Waals surface area (Å²) in [5.74, 6) is -1.66. The van der Waals surface area contributed by atoms with Crippen molar-refractivity contribution in [3.63, 3.8) is 0 Å². The minimum Gasteiger partial charge on any atom is -0.506 e. The lowest BCUT2D eigenvalue weighted by atomic mass is 9.89. The molecule has 1 aromatic carbocycles. The highest BCUT2D eigenvalue weighted by molar-refractivity contribution is 6.32. The highest BCUT2D eigenvalue weighted by Gasteiger charge is 2.67. The SMILES string of the molecule is O=C(NC1=CC(=O)[C@]2(CO)O[C@H]2[C@H]1O)c1cccc(Cl)c1O. The van der Waals surface area contributed by atoms with Crippen LogP contribution >= 0.6 is 11.6 Å². The quantitative estimate of drug-likeness (QED) is 0.568. The zero-order valence-corrected chi connectivity index (χ0v) is 11.9. The van der Waals surface area contributed by atoms with Gasteiger partial charge in [-0.25, -0.2) is 0 Å². The topological polar surface area (TPSA) is 119 Å². The Labute approximate surface area is 129 Å². The number of carbonyl (C=O) groups is 2. The van der Waals surface area contributed by atoms with Crippen LogP contribution in [0.25, 0.3) is 0 Å². The second-order valence-electron chi connectivity index (χ2n) is 5.08. The number of benzene rings is 1. The Morgan fingerprint density at radius 3 is 2.86 bits per heavy atom. The Hall–Kier alpha value is -1.93. The number of amides is 1. The molecule has 0 bridgehead atoms. The van der Waals surface area contributed by atoms with Gasteiger partial charge in [0.2, 0.25) is 0 Å². The summed E-state index contributed by atoms with van der Waals surface area (Å²) in [6.45, 7) is -0.541. The Morgan fingerprint density at radius 2 is 2.18 bits per heavy atom. The number of ether oxygens (including phenoxy) is 1. The number of aliphatic hydroxyl groups is 2. The van der Waals surface area contributed by atoms with Gasteiger partial charge < -0.3 is 25.4 Å². The largest absolute Gasteiger partial charge is 0.506 e. The summed E-state index contributed by atoms with van der Waals surface area (Å²) in [7, 11) is 0. The summed E-state index contributed by atoms with van der Waals surface area (Å²) in [5, 5.41) is 31.3. The number of nitrogens with one attached hydrogen (secondary N) is 1. The van der Waals surface area contributed by atoms with Gasteiger partial charge in [0, 0.05) is 6.08 Å². The van der Waals surface area contributed by atoms with Crippen LogP contribution in [0, 0.1) is 0 Å². The van der Waals surface area contributed by atoms with Gasteiger partial charge in [-0.2, -0.15) is 0 Å². The fourth-order valence-corrected chi connectivity index (χ4v) is 2.61. The van der Waals surface area contributed by atoms with E-state index in [9.17, 15) is 24.9 Å². The van der Waals surface area contributed by atoms with E-state index in [2.05, 4.69) is 5.32 Å². The molecule has 8 heteroatoms. The van der Waals surface area contributed by atoms with Crippen LogP contribution in [-0.2, 0) is 9.53 Å². The number of halogens is 1. The van der Waals surface area contributed by atoms with E-state index < -0.39 is 41.9 Å². The molecular formula is C14H12ClNO6. The van der Waals surface area contributed by atoms with Crippen molar-refractivity contribution in [3.05, 3.63) is 40.6 Å². The average Bonchev–Trinajstić information content (AvgIpc) is 3.24. The number of epoxide rings is 1. The van der Waals surface area contributed by atoms with Gasteiger partial charge >= 0.3 is 0 Å². The Balaban J connectivity index is 1.83. The van der Waals surface area contributed by atoms with Gasteiger partial charge in [-0.3, -0.25) is 9.59 Å². The first-order valence-electron chi connectivity index (χ1n) is 6.42. The summed E-state index contributed by atoms with van der Waals surface area (Å²) in [6, 6.07) is 4.24. The van der Waals surface area contributed by atoms with E-state index in [-0.39, 0.29) is 16.3 Å². The van der Waals surface area contributed by atoms with E-state index in [1.165, 1.54) is 18.2 Å². The van der Waals surface area contributed by atoms with Crippen LogP contribution in [0.15, 0.2) is 30.0 Å². The molecule has 1 fully saturated rings. The summed E-state index contributed by atoms with van der Waals surface area (Å²) in [6.07, 6.45) is -1.13. The van der Waals surface area contributed by atoms with Crippen LogP contribution in [-0.4, -0.2) is 51.4 Å². The molecule has 1 amide bonds. The molecule has 4 N–H and O–H groups in total. The van der Waals surface area contributed by atoms with Crippen molar-refractivity contribution < 1.29 is 29.6 Å². The molecule has 1 aliphatic heterocycles. The van der Waals surface area contributed by atoms with Gasteiger partial charge in [-0.15, -0.1) is 0 Å². The van der Waals surface area contributed by atoms with E-state index in [0.717, 1.165) is 6.08 Å². The molecule has 1 saturated heterocycles. The third-order valence-corrected chi connectivity index (χ3v) is 4.08. The average molecular weight is 326 g/mol. The highest BCUT2D eigenvalue weighted by Crippen LogP contribution is 2.44. The number of hydrogen-bond donors (Lipinski definition) is 4. The Bertz CT molecular complexity index is 703. The monoisotopic (exact) mass is 325 g/mol. The van der Waals surface area contributed by atoms with Crippen LogP contribution in [0.1, 0.15) is 10.4 Å². The van der Waals surface area contributed by atoms with Crippen molar-refractivity contribution in [2.24, 2.45) is 0 Å². The summed E-state index contributed by atoms with van der Waals surface area (Å²) in [5.41, 5.74) is -1.55. The summed E-state index contributed by atoms with van der Waals surface area (Å²) < 4.78 is 5.08. The van der Waals surface area contributed by atoms with Crippen molar-refractivity contribution in [2.75, 3.05) is 6.61 Å². The maximum Gasteiger partial charge on any atom is 0.259 e. The van der Waals surface area contributed by atoms with E-state index in [1.54, 1.807) is 0 Å². The first-order chi connectivity index (χ1) is 10.4. The number of para-hydroxylation sites is 1. The van der Waals surface area contributed by atoms with E-state index in [0.29, 0.717) is 0 Å². The van der Waals surface area contributed by atoms with Gasteiger partial charge in [0.1, 0.15) is 18.0 Å². The second-order valence-corrected chi connectivity index (χ2v) is 5.49. The lowest BCUT2D eigenvalue weighted by molar-refractivity contribution is -0.121. The van der Waals surface area contributed by atoms with Gasteiger partial charge in [0.05, 0.1) is 22.9 Å². The summed E-state index contributed by atoms with van der Waals surface area (Å²) in [4.78, 5) is 24.0. The molecule has 2 aliphatic rings. The third-order valence-electron chi connectivity index (χ3n) is 3.77. The Kier molecular flexibility index (Phi) is 3.45. The van der Waals surface area contributed by atoms with Crippen LogP contribution in [0.3, 0.4) is 0 Å². The first-order valence-corrected chi connectivity index (χ1v) is 6.80. The molecule has 0 aromatic heterocycles. The predicted molar refractivity (Wildman–Crippen MR) is 74.4 cm³/mol. The van der Waals surface area contributed by atoms with Crippen molar-refractivity contribution in [1.82, 2.24) is 5.32 Å². The summed E-state index contributed by atoms with van der Waals surface area (Å²) >= 11 is 5.72. The lowest BCUT2D eigenvalue weighted by Gasteiger charge is -2.20. The maximum atomic E-state index is 12.1. The zero-order valence-electron chi connectivity index (χ0n) is 11.1. The predicted octanol–water partition coefficient (Wildman–Crippen LogP) is -0.267. The third kappa shape index (κ3) is 2.10. The van der Waals surface area contributed by atoms with Crippen molar-refractivity contribution in [1.29, 1.82) is 0 Å². The van der Waals surface area contributed by atoms with E-state index in [4.69, 9.17) is 16.3 Å². The molecule has 3 atom stereocenters. The van der Waals surface area contributed by atoms with Crippen LogP contribution in [0.5, 0.6) is 5.75 Å². The minimum absolute atomic E-state index is 0.00622. The standard InChI is InChI=1S/C14H12ClNO6/c15-7-3-1-2-6(10(7)19)13(21)16-8-4-9(18)14(5-17)12(22-14)11(8)20/h1-4,11-12,17,19-20H,5H2,(H,16,21)/t11-,12-,14-/m0/s1. The fourth-order valence-electron chi connectivity index (χ4n) is 2.43. The number of aromatic hydroxyl groups is 1. The number of carbonyl (C=O) groups excluding carboxylic acids is 2. The molecular weight excluding hydrogens is 314 g/mol. The van der Waals surface area contributed by atoms with E-state index in [1.807, 2.05) is 0 Å². The zero-order chi connectivity index (χ0) is 16.1. The van der Waals surface area contributed by atoms with Gasteiger partial charge in [0.15, 0.2) is 11.4 Å². The first kappa shape index (κ1) is 15.0. The molecule has 0 radical (unpaired) electrons. The van der Waals surface area contributed by atoms with Crippen molar-refractivity contribution >= 4 is 23.3 Å². The van der Waals surface area contributed by atoms with Gasteiger partial charge in [-0.05, 0) is 12.1 Å². The number of phenols is 1. The van der Waals surface area contributed by atoms with Crippen LogP contribution < -0.4 is 5.32 Å². The second kappa shape index (κ2) is 5.06. The number of hydrogen-bond acceptors (Lipinski definition) is 6. The van der Waals surface area contributed by atoms with Gasteiger partial charge in [0.25, 0.3) is 5.91 Å². The van der Waals surface area contributed by atoms with Crippen molar-refractivity contribution in [2.45, 2.75) is 17.8 Å². The number of aliphatic hydroxyl groups excluding tert-OH is 2. The van der Waals surface area contributed by atoms with Crippen LogP contribution in [0.2, 0.25) is 5.02 Å². The number of fused-ring (bicyclic) bond motifs is 1. The lowest BCUT2D eigenvalue weighted by Crippen LogP contribution is -2.44. The van der Waals surface area contributed by atoms with Crippen molar-refractivity contribution in [3.8, 4) is 5.75 Å². The molecule has 1 aliphatic carbocycles. The molecule has 1 aromatic rings. The molecule has 116 valence electrons. The van der Waals surface area contributed by atoms with E-state index >= 15 is 0 Å². The normalized spacial score (nSPS) is 29.6. The number of phenolic OH excluding ortho intramolecular Hbond substituents is 1. The molecule has 7 nitrogen and oxygen atoms in total. The molecule has 0 spiro atoms. The van der Waals surface area contributed by atoms with Gasteiger partial charge in [-0.1, -0.05) is 17.7 Å². The number of ketones is 1. The smallest absolute Gasteiger partial charge is 0.259 e. The highest BCUT2D eigenvalue weighted by atomic mass is 35.5. The molecule has 0 saturated carbocycles. The maximum absolute atomic E-state index is 12.1. The molecule has 3 rings (SSSR count).